The highest BCUT2D eigenvalue weighted by Crippen LogP contribution is 2.53. The summed E-state index contributed by atoms with van der Waals surface area (Å²) >= 11 is 0. The van der Waals surface area contributed by atoms with Crippen LogP contribution in [0.25, 0.3) is 0 Å². The normalized spacial score (nSPS) is 34.9. The minimum Gasteiger partial charge on any atom is -0.437 e. The van der Waals surface area contributed by atoms with E-state index in [1.807, 2.05) is 0 Å². The summed E-state index contributed by atoms with van der Waals surface area (Å²) < 4.78 is 41.4. The monoisotopic (exact) mass is 320 g/mol. The maximum Gasteiger partial charge on any atom is 0.490 e. The number of hydrogen-bond donors (Lipinski definition) is 2. The van der Waals surface area contributed by atoms with Crippen LogP contribution in [0.2, 0.25) is 0 Å². The topological polar surface area (TPSA) is 67.4 Å². The molecule has 0 aromatic carbocycles. The number of fused-ring (bicyclic) bond motifs is 1. The maximum atomic E-state index is 12.3. The summed E-state index contributed by atoms with van der Waals surface area (Å²) in [7, 11) is 0. The Morgan fingerprint density at radius 1 is 1.18 bits per heavy atom. The second-order valence-electron chi connectivity index (χ2n) is 6.45. The smallest absolute Gasteiger partial charge is 0.437 e. The zero-order valence-electron chi connectivity index (χ0n) is 12.0. The first-order chi connectivity index (χ1) is 10.3. The van der Waals surface area contributed by atoms with Gasteiger partial charge in [0.1, 0.15) is 0 Å². The van der Waals surface area contributed by atoms with Gasteiger partial charge in [0.15, 0.2) is 5.72 Å². The molecule has 0 bridgehead atoms. The molecule has 3 aliphatic rings. The summed E-state index contributed by atoms with van der Waals surface area (Å²) in [6, 6.07) is -0.435. The van der Waals surface area contributed by atoms with Gasteiger partial charge in [-0.1, -0.05) is 19.3 Å². The zero-order chi connectivity index (χ0) is 16.0. The molecule has 22 heavy (non-hydrogen) atoms. The minimum atomic E-state index is -5.01. The minimum absolute atomic E-state index is 0.147. The van der Waals surface area contributed by atoms with Crippen molar-refractivity contribution in [3.05, 3.63) is 0 Å². The first-order valence-electron chi connectivity index (χ1n) is 7.68. The van der Waals surface area contributed by atoms with E-state index in [0.717, 1.165) is 25.7 Å². The fourth-order valence-corrected chi connectivity index (χ4v) is 3.50. The largest absolute Gasteiger partial charge is 0.490 e. The van der Waals surface area contributed by atoms with Gasteiger partial charge in [0, 0.05) is 18.4 Å². The fraction of sp³-hybridized carbons (Fsp3) is 0.857. The second kappa shape index (κ2) is 5.40. The molecule has 0 radical (unpaired) electrons. The molecule has 1 amide bonds. The third-order valence-electron chi connectivity index (χ3n) is 4.76. The molecule has 2 N–H and O–H groups in total. The predicted octanol–water partition coefficient (Wildman–Crippen LogP) is 1.62. The predicted molar refractivity (Wildman–Crippen MR) is 69.5 cm³/mol. The van der Waals surface area contributed by atoms with Crippen molar-refractivity contribution in [2.75, 3.05) is 0 Å². The number of ether oxygens (including phenoxy) is 1. The Morgan fingerprint density at radius 3 is 2.50 bits per heavy atom. The van der Waals surface area contributed by atoms with E-state index in [-0.39, 0.29) is 17.9 Å². The standard InChI is InChI=1S/C14H19F3N2O3/c15-14(16,17)12(21)22-13-7-8(13)6-10(19-13)11(20)18-9-4-2-1-3-5-9/h8-10,19H,1-7H2,(H,18,20)/t8-,10-,13+/m0/s1. The number of piperidine rings is 1. The van der Waals surface area contributed by atoms with Crippen molar-refractivity contribution >= 4 is 11.9 Å². The van der Waals surface area contributed by atoms with E-state index in [1.165, 1.54) is 6.42 Å². The van der Waals surface area contributed by atoms with Gasteiger partial charge >= 0.3 is 12.1 Å². The number of halogens is 3. The van der Waals surface area contributed by atoms with Crippen molar-refractivity contribution in [2.24, 2.45) is 5.92 Å². The van der Waals surface area contributed by atoms with Crippen LogP contribution in [0.5, 0.6) is 0 Å². The number of carbonyl (C=O) groups excluding carboxylic acids is 2. The fourth-order valence-electron chi connectivity index (χ4n) is 3.50. The van der Waals surface area contributed by atoms with E-state index >= 15 is 0 Å². The summed E-state index contributed by atoms with van der Waals surface area (Å²) in [5.74, 6) is -2.61. The van der Waals surface area contributed by atoms with Crippen LogP contribution in [0.3, 0.4) is 0 Å². The Hall–Kier alpha value is -1.31. The highest BCUT2D eigenvalue weighted by Gasteiger charge is 2.66. The van der Waals surface area contributed by atoms with Crippen LogP contribution >= 0.6 is 0 Å². The van der Waals surface area contributed by atoms with Crippen LogP contribution in [0, 0.1) is 5.92 Å². The van der Waals surface area contributed by atoms with E-state index in [2.05, 4.69) is 15.4 Å². The third-order valence-corrected chi connectivity index (χ3v) is 4.76. The Kier molecular flexibility index (Phi) is 3.82. The molecule has 5 nitrogen and oxygen atoms in total. The average Bonchev–Trinajstić information content (AvgIpc) is 2.99. The van der Waals surface area contributed by atoms with E-state index in [1.54, 1.807) is 0 Å². The molecule has 1 saturated heterocycles. The van der Waals surface area contributed by atoms with E-state index in [9.17, 15) is 22.8 Å². The maximum absolute atomic E-state index is 12.3. The molecule has 1 heterocycles. The number of nitrogens with one attached hydrogen (secondary N) is 2. The Bertz CT molecular complexity index is 476. The first kappa shape index (κ1) is 15.6. The van der Waals surface area contributed by atoms with Crippen molar-refractivity contribution in [2.45, 2.75) is 68.9 Å². The van der Waals surface area contributed by atoms with Crippen LogP contribution in [-0.4, -0.2) is 35.9 Å². The molecule has 3 rings (SSSR count). The van der Waals surface area contributed by atoms with Crippen LogP contribution in [0.4, 0.5) is 13.2 Å². The van der Waals surface area contributed by atoms with Crippen LogP contribution in [-0.2, 0) is 14.3 Å². The highest BCUT2D eigenvalue weighted by atomic mass is 19.4. The average molecular weight is 320 g/mol. The lowest BCUT2D eigenvalue weighted by molar-refractivity contribution is -0.208. The summed E-state index contributed by atoms with van der Waals surface area (Å²) in [4.78, 5) is 23.1. The Balaban J connectivity index is 1.52. The zero-order valence-corrected chi connectivity index (χ0v) is 12.0. The van der Waals surface area contributed by atoms with Gasteiger partial charge in [-0.05, 0) is 19.3 Å². The molecular formula is C14H19F3N2O3. The van der Waals surface area contributed by atoms with Gasteiger partial charge in [-0.15, -0.1) is 0 Å². The number of alkyl halides is 3. The number of esters is 1. The lowest BCUT2D eigenvalue weighted by Crippen LogP contribution is -2.50. The van der Waals surface area contributed by atoms with Crippen molar-refractivity contribution in [3.63, 3.8) is 0 Å². The molecule has 3 atom stereocenters. The van der Waals surface area contributed by atoms with Crippen LogP contribution in [0.15, 0.2) is 0 Å². The molecule has 3 fully saturated rings. The number of carbonyl (C=O) groups is 2. The Labute approximate surface area is 125 Å². The number of hydrogen-bond acceptors (Lipinski definition) is 4. The quantitative estimate of drug-likeness (QED) is 0.776. The molecule has 1 aliphatic heterocycles. The molecule has 0 spiro atoms. The van der Waals surface area contributed by atoms with Gasteiger partial charge in [-0.2, -0.15) is 13.2 Å². The van der Waals surface area contributed by atoms with Crippen molar-refractivity contribution in [1.82, 2.24) is 10.6 Å². The SMILES string of the molecule is O=C(NC1CCCCC1)[C@@H]1C[C@H]2C[C@]2(OC(=O)C(F)(F)F)N1. The van der Waals surface area contributed by atoms with E-state index in [4.69, 9.17) is 0 Å². The van der Waals surface area contributed by atoms with Crippen LogP contribution < -0.4 is 10.6 Å². The van der Waals surface area contributed by atoms with Gasteiger partial charge in [0.05, 0.1) is 6.04 Å². The molecule has 2 saturated carbocycles. The first-order valence-corrected chi connectivity index (χ1v) is 7.68. The van der Waals surface area contributed by atoms with Gasteiger partial charge in [0.2, 0.25) is 5.91 Å². The van der Waals surface area contributed by atoms with Gasteiger partial charge < -0.3 is 10.1 Å². The molecule has 2 aliphatic carbocycles. The summed E-state index contributed by atoms with van der Waals surface area (Å²) in [6.45, 7) is 0. The Morgan fingerprint density at radius 2 is 1.86 bits per heavy atom. The summed E-state index contributed by atoms with van der Waals surface area (Å²) in [5, 5.41) is 5.72. The van der Waals surface area contributed by atoms with Crippen LogP contribution in [0.1, 0.15) is 44.9 Å². The van der Waals surface area contributed by atoms with Crippen molar-refractivity contribution in [1.29, 1.82) is 0 Å². The molecule has 0 aromatic rings. The van der Waals surface area contributed by atoms with Gasteiger partial charge in [-0.25, -0.2) is 4.79 Å². The molecular weight excluding hydrogens is 301 g/mol. The van der Waals surface area contributed by atoms with E-state index in [0.29, 0.717) is 12.8 Å². The molecule has 124 valence electrons. The van der Waals surface area contributed by atoms with Gasteiger partial charge in [-0.3, -0.25) is 10.1 Å². The second-order valence-corrected chi connectivity index (χ2v) is 6.45. The highest BCUT2D eigenvalue weighted by molar-refractivity contribution is 5.83. The number of rotatable bonds is 3. The van der Waals surface area contributed by atoms with Gasteiger partial charge in [0.25, 0.3) is 0 Å². The molecule has 8 heteroatoms. The van der Waals surface area contributed by atoms with E-state index < -0.39 is 23.9 Å². The summed E-state index contributed by atoms with van der Waals surface area (Å²) in [6.07, 6.45) is 0.953. The number of amides is 1. The van der Waals surface area contributed by atoms with Crippen molar-refractivity contribution in [3.8, 4) is 0 Å². The van der Waals surface area contributed by atoms with Crippen molar-refractivity contribution < 1.29 is 27.5 Å². The molecule has 0 aromatic heterocycles. The lowest BCUT2D eigenvalue weighted by atomic mass is 9.95. The summed E-state index contributed by atoms with van der Waals surface area (Å²) in [5.41, 5.74) is -1.29. The third kappa shape index (κ3) is 3.06. The molecule has 0 unspecified atom stereocenters. The lowest BCUT2D eigenvalue weighted by Gasteiger charge is -2.25.